The molecule has 0 fully saturated rings. The molecule has 1 amide bonds. The molecule has 0 aliphatic heterocycles. The molecular weight excluding hydrogens is 432 g/mol. The Balaban J connectivity index is 1.70. The van der Waals surface area contributed by atoms with E-state index in [-0.39, 0.29) is 22.4 Å². The second-order valence-electron chi connectivity index (χ2n) is 7.00. The van der Waals surface area contributed by atoms with Gasteiger partial charge in [-0.2, -0.15) is 0 Å². The maximum absolute atomic E-state index is 13.3. The van der Waals surface area contributed by atoms with Gasteiger partial charge >= 0.3 is 0 Å². The van der Waals surface area contributed by atoms with Crippen molar-refractivity contribution in [1.29, 1.82) is 0 Å². The molecule has 0 aliphatic carbocycles. The number of fused-ring (bicyclic) bond motifs is 1. The van der Waals surface area contributed by atoms with Gasteiger partial charge in [0.1, 0.15) is 0 Å². The van der Waals surface area contributed by atoms with Crippen LogP contribution in [-0.2, 0) is 4.79 Å². The number of carbonyl (C=O) groups excluding carboxylic acids is 1. The van der Waals surface area contributed by atoms with Gasteiger partial charge in [-0.3, -0.25) is 14.2 Å². The number of hydrogen-bond donors (Lipinski definition) is 1. The van der Waals surface area contributed by atoms with E-state index < -0.39 is 0 Å². The molecule has 0 bridgehead atoms. The van der Waals surface area contributed by atoms with E-state index in [1.54, 1.807) is 35.0 Å². The first-order valence-electron chi connectivity index (χ1n) is 9.56. The van der Waals surface area contributed by atoms with E-state index in [2.05, 4.69) is 15.3 Å². The number of halogens is 1. The zero-order chi connectivity index (χ0) is 22.0. The van der Waals surface area contributed by atoms with Crippen molar-refractivity contribution in [2.75, 3.05) is 11.1 Å². The summed E-state index contributed by atoms with van der Waals surface area (Å²) in [6, 6.07) is 16.4. The first kappa shape index (κ1) is 21.1. The molecule has 2 heterocycles. The van der Waals surface area contributed by atoms with Gasteiger partial charge in [0.15, 0.2) is 10.3 Å². The highest BCUT2D eigenvalue weighted by atomic mass is 35.5. The monoisotopic (exact) mass is 450 g/mol. The zero-order valence-electron chi connectivity index (χ0n) is 16.9. The molecule has 4 rings (SSSR count). The Bertz CT molecular complexity index is 1350. The molecule has 0 unspecified atom stereocenters. The zero-order valence-corrected chi connectivity index (χ0v) is 18.5. The number of hydrogen-bond acceptors (Lipinski definition) is 5. The number of nitrogens with zero attached hydrogens (tertiary/aromatic N) is 3. The minimum Gasteiger partial charge on any atom is -0.323 e. The third-order valence-corrected chi connectivity index (χ3v) is 6.10. The molecule has 156 valence electrons. The number of nitrogens with one attached hydrogen (secondary N) is 1. The third kappa shape index (κ3) is 4.47. The summed E-state index contributed by atoms with van der Waals surface area (Å²) in [5.41, 5.74) is 3.76. The molecule has 31 heavy (non-hydrogen) atoms. The van der Waals surface area contributed by atoms with Crippen molar-refractivity contribution >= 4 is 45.9 Å². The Hall–Kier alpha value is -3.16. The summed E-state index contributed by atoms with van der Waals surface area (Å²) in [6.45, 7) is 4.01. The Morgan fingerprint density at radius 1 is 1.10 bits per heavy atom. The topological polar surface area (TPSA) is 76.9 Å². The number of rotatable bonds is 5. The Labute approximate surface area is 188 Å². The summed E-state index contributed by atoms with van der Waals surface area (Å²) in [7, 11) is 0. The van der Waals surface area contributed by atoms with Crippen molar-refractivity contribution in [3.05, 3.63) is 87.4 Å². The van der Waals surface area contributed by atoms with Crippen LogP contribution in [0.25, 0.3) is 16.6 Å². The minimum atomic E-state index is -0.269. The predicted molar refractivity (Wildman–Crippen MR) is 125 cm³/mol. The minimum absolute atomic E-state index is 0.0564. The van der Waals surface area contributed by atoms with Crippen LogP contribution in [0.5, 0.6) is 0 Å². The number of para-hydroxylation sites is 1. The number of anilines is 1. The highest BCUT2D eigenvalue weighted by molar-refractivity contribution is 7.99. The van der Waals surface area contributed by atoms with Gasteiger partial charge < -0.3 is 5.32 Å². The quantitative estimate of drug-likeness (QED) is 0.269. The molecule has 0 radical (unpaired) electrons. The van der Waals surface area contributed by atoms with Crippen LogP contribution in [0.15, 0.2) is 70.7 Å². The number of pyridine rings is 1. The maximum atomic E-state index is 13.3. The van der Waals surface area contributed by atoms with Gasteiger partial charge in [0.05, 0.1) is 28.0 Å². The number of benzene rings is 2. The third-order valence-electron chi connectivity index (χ3n) is 4.86. The summed E-state index contributed by atoms with van der Waals surface area (Å²) in [6.07, 6.45) is 1.55. The molecule has 4 aromatic rings. The van der Waals surface area contributed by atoms with E-state index in [0.717, 1.165) is 11.1 Å². The molecule has 0 atom stereocenters. The van der Waals surface area contributed by atoms with Crippen LogP contribution in [0.4, 0.5) is 5.69 Å². The first-order chi connectivity index (χ1) is 14.9. The fourth-order valence-electron chi connectivity index (χ4n) is 3.10. The Morgan fingerprint density at radius 2 is 1.90 bits per heavy atom. The molecular formula is C23H19ClN4O2S. The van der Waals surface area contributed by atoms with E-state index >= 15 is 0 Å². The fourth-order valence-corrected chi connectivity index (χ4v) is 4.08. The van der Waals surface area contributed by atoms with Gasteiger partial charge in [-0.05, 0) is 61.4 Å². The molecule has 2 aromatic carbocycles. The average molecular weight is 451 g/mol. The summed E-state index contributed by atoms with van der Waals surface area (Å²) in [5.74, 6) is -0.213. The van der Waals surface area contributed by atoms with Crippen LogP contribution < -0.4 is 10.9 Å². The number of carbonyl (C=O) groups is 1. The molecule has 2 aromatic heterocycles. The van der Waals surface area contributed by atoms with Crippen LogP contribution in [0.1, 0.15) is 11.1 Å². The lowest BCUT2D eigenvalue weighted by atomic mass is 10.1. The number of thioether (sulfide) groups is 1. The van der Waals surface area contributed by atoms with Crippen molar-refractivity contribution in [2.24, 2.45) is 0 Å². The molecule has 0 saturated heterocycles. The summed E-state index contributed by atoms with van der Waals surface area (Å²) >= 11 is 7.20. The maximum Gasteiger partial charge on any atom is 0.266 e. The second-order valence-corrected chi connectivity index (χ2v) is 8.30. The van der Waals surface area contributed by atoms with Crippen molar-refractivity contribution in [1.82, 2.24) is 14.5 Å². The van der Waals surface area contributed by atoms with Crippen LogP contribution in [0.2, 0.25) is 5.15 Å². The fraction of sp³-hybridized carbons (Fsp3) is 0.130. The smallest absolute Gasteiger partial charge is 0.266 e. The van der Waals surface area contributed by atoms with Crippen LogP contribution in [0.3, 0.4) is 0 Å². The molecule has 6 nitrogen and oxygen atoms in total. The number of aryl methyl sites for hydroxylation is 2. The van der Waals surface area contributed by atoms with Gasteiger partial charge in [0.2, 0.25) is 5.91 Å². The second kappa shape index (κ2) is 8.91. The van der Waals surface area contributed by atoms with E-state index in [1.165, 1.54) is 11.8 Å². The number of amides is 1. The van der Waals surface area contributed by atoms with Crippen LogP contribution in [0, 0.1) is 13.8 Å². The van der Waals surface area contributed by atoms with Gasteiger partial charge in [-0.15, -0.1) is 0 Å². The molecule has 0 aliphatic rings. The summed E-state index contributed by atoms with van der Waals surface area (Å²) < 4.78 is 1.56. The van der Waals surface area contributed by atoms with Gasteiger partial charge in [-0.1, -0.05) is 41.6 Å². The molecule has 8 heteroatoms. The summed E-state index contributed by atoms with van der Waals surface area (Å²) in [5, 5.41) is 3.93. The Morgan fingerprint density at radius 3 is 2.68 bits per heavy atom. The summed E-state index contributed by atoms with van der Waals surface area (Å²) in [4.78, 5) is 34.4. The van der Waals surface area contributed by atoms with Gasteiger partial charge in [0, 0.05) is 6.20 Å². The largest absolute Gasteiger partial charge is 0.323 e. The lowest BCUT2D eigenvalue weighted by Gasteiger charge is -2.14. The Kier molecular flexibility index (Phi) is 6.06. The highest BCUT2D eigenvalue weighted by Gasteiger charge is 2.16. The van der Waals surface area contributed by atoms with Crippen LogP contribution >= 0.6 is 23.4 Å². The van der Waals surface area contributed by atoms with E-state index in [4.69, 9.17) is 11.6 Å². The van der Waals surface area contributed by atoms with E-state index in [9.17, 15) is 9.59 Å². The lowest BCUT2D eigenvalue weighted by Crippen LogP contribution is -2.23. The van der Waals surface area contributed by atoms with Crippen molar-refractivity contribution in [3.8, 4) is 5.69 Å². The van der Waals surface area contributed by atoms with Crippen molar-refractivity contribution in [3.63, 3.8) is 0 Å². The first-order valence-corrected chi connectivity index (χ1v) is 10.9. The van der Waals surface area contributed by atoms with E-state index in [0.29, 0.717) is 27.4 Å². The lowest BCUT2D eigenvalue weighted by molar-refractivity contribution is -0.113. The van der Waals surface area contributed by atoms with Crippen molar-refractivity contribution in [2.45, 2.75) is 19.0 Å². The van der Waals surface area contributed by atoms with Crippen molar-refractivity contribution < 1.29 is 4.79 Å². The SMILES string of the molecule is Cc1ccc(-n2c(SCC(=O)Nc3cccnc3Cl)nc3ccccc3c2=O)cc1C. The van der Waals surface area contributed by atoms with Crippen LogP contribution in [-0.4, -0.2) is 26.2 Å². The highest BCUT2D eigenvalue weighted by Crippen LogP contribution is 2.24. The van der Waals surface area contributed by atoms with Gasteiger partial charge in [0.25, 0.3) is 5.56 Å². The molecule has 1 N–H and O–H groups in total. The van der Waals surface area contributed by atoms with E-state index in [1.807, 2.05) is 44.2 Å². The normalized spacial score (nSPS) is 10.9. The predicted octanol–water partition coefficient (Wildman–Crippen LogP) is 4.78. The standard InChI is InChI=1S/C23H19ClN4O2S/c1-14-9-10-16(12-15(14)2)28-22(30)17-6-3-4-7-18(17)27-23(28)31-13-20(29)26-19-8-5-11-25-21(19)24/h3-12H,13H2,1-2H3,(H,26,29). The molecule has 0 spiro atoms. The molecule has 0 saturated carbocycles. The average Bonchev–Trinajstić information content (AvgIpc) is 2.76. The van der Waals surface area contributed by atoms with Gasteiger partial charge in [-0.25, -0.2) is 9.97 Å². The number of aromatic nitrogens is 3.